The van der Waals surface area contributed by atoms with Gasteiger partial charge in [-0.05, 0) is 19.9 Å². The maximum atomic E-state index is 12.9. The van der Waals surface area contributed by atoms with Crippen LogP contribution < -0.4 is 10.6 Å². The van der Waals surface area contributed by atoms with Crippen LogP contribution in [0.2, 0.25) is 0 Å². The Morgan fingerprint density at radius 3 is 2.71 bits per heavy atom. The molecular weight excluding hydrogens is 380 g/mol. The van der Waals surface area contributed by atoms with Crippen LogP contribution in [0.5, 0.6) is 0 Å². The number of aliphatic hydroxyl groups excluding tert-OH is 1. The molecule has 1 amide bonds. The van der Waals surface area contributed by atoms with Crippen molar-refractivity contribution < 1.29 is 14.4 Å². The Balaban J connectivity index is 0.00000225. The van der Waals surface area contributed by atoms with Crippen LogP contribution in [0.25, 0.3) is 22.4 Å². The van der Waals surface area contributed by atoms with E-state index in [2.05, 4.69) is 20.8 Å². The number of carbonyl (C=O) groups excluding carboxylic acids is 1. The van der Waals surface area contributed by atoms with E-state index in [4.69, 9.17) is 4.52 Å². The first kappa shape index (κ1) is 20.3. The van der Waals surface area contributed by atoms with Crippen LogP contribution >= 0.6 is 12.4 Å². The average molecular weight is 403 g/mol. The van der Waals surface area contributed by atoms with Gasteiger partial charge in [-0.3, -0.25) is 4.79 Å². The van der Waals surface area contributed by atoms with Crippen molar-refractivity contribution in [3.8, 4) is 11.3 Å². The van der Waals surface area contributed by atoms with Gasteiger partial charge in [0.15, 0.2) is 0 Å². The van der Waals surface area contributed by atoms with Crippen molar-refractivity contribution in [3.05, 3.63) is 47.2 Å². The van der Waals surface area contributed by atoms with Crippen LogP contribution in [0, 0.1) is 19.8 Å². The summed E-state index contributed by atoms with van der Waals surface area (Å²) in [5.41, 5.74) is 4.16. The number of carbonyl (C=O) groups is 1. The van der Waals surface area contributed by atoms with Crippen LogP contribution in [-0.4, -0.2) is 46.9 Å². The largest absolute Gasteiger partial charge is 0.391 e. The fourth-order valence-electron chi connectivity index (χ4n) is 3.39. The van der Waals surface area contributed by atoms with Crippen molar-refractivity contribution in [2.45, 2.75) is 20.0 Å². The highest BCUT2D eigenvalue weighted by atomic mass is 35.5. The van der Waals surface area contributed by atoms with Gasteiger partial charge in [0.2, 0.25) is 0 Å². The maximum Gasteiger partial charge on any atom is 0.259 e. The molecule has 1 aliphatic heterocycles. The number of pyridine rings is 1. The summed E-state index contributed by atoms with van der Waals surface area (Å²) in [6.45, 7) is 5.46. The molecule has 4 rings (SSSR count). The van der Waals surface area contributed by atoms with Gasteiger partial charge in [0.1, 0.15) is 0 Å². The molecule has 0 aliphatic carbocycles. The molecule has 28 heavy (non-hydrogen) atoms. The highest BCUT2D eigenvalue weighted by Gasteiger charge is 2.26. The highest BCUT2D eigenvalue weighted by Crippen LogP contribution is 2.27. The maximum absolute atomic E-state index is 12.9. The third-order valence-corrected chi connectivity index (χ3v) is 5.04. The number of aryl methyl sites for hydroxylation is 2. The predicted molar refractivity (Wildman–Crippen MR) is 109 cm³/mol. The number of amides is 1. The minimum atomic E-state index is -0.441. The summed E-state index contributed by atoms with van der Waals surface area (Å²) in [7, 11) is 0. The molecule has 1 saturated heterocycles. The third kappa shape index (κ3) is 3.87. The molecule has 3 heterocycles. The first-order valence-electron chi connectivity index (χ1n) is 9.04. The van der Waals surface area contributed by atoms with Crippen LogP contribution in [0.1, 0.15) is 21.6 Å². The van der Waals surface area contributed by atoms with Crippen molar-refractivity contribution in [1.29, 1.82) is 0 Å². The van der Waals surface area contributed by atoms with Crippen LogP contribution in [-0.2, 0) is 0 Å². The number of hydrogen-bond acceptors (Lipinski definition) is 6. The van der Waals surface area contributed by atoms with E-state index >= 15 is 0 Å². The summed E-state index contributed by atoms with van der Waals surface area (Å²) in [4.78, 5) is 17.4. The minimum Gasteiger partial charge on any atom is -0.391 e. The number of β-amino-alcohol motifs (C(OH)–C–C–N with tert-alkyl or cyclic N) is 1. The first-order valence-corrected chi connectivity index (χ1v) is 9.04. The Kier molecular flexibility index (Phi) is 5.98. The van der Waals surface area contributed by atoms with Gasteiger partial charge < -0.3 is 20.3 Å². The fraction of sp³-hybridized carbons (Fsp3) is 0.350. The molecule has 2 atom stereocenters. The lowest BCUT2D eigenvalue weighted by Gasteiger charge is -2.14. The monoisotopic (exact) mass is 402 g/mol. The second kappa shape index (κ2) is 8.26. The SMILES string of the molecule is Cc1ccc(-c2cc(C(=O)NCC3CNCC3O)c3c(C)noc3n2)cc1.Cl. The predicted octanol–water partition coefficient (Wildman–Crippen LogP) is 2.24. The topological polar surface area (TPSA) is 100 Å². The first-order chi connectivity index (χ1) is 13.0. The summed E-state index contributed by atoms with van der Waals surface area (Å²) >= 11 is 0. The van der Waals surface area contributed by atoms with Gasteiger partial charge in [0.25, 0.3) is 11.6 Å². The number of nitrogens with zero attached hydrogens (tertiary/aromatic N) is 2. The lowest BCUT2D eigenvalue weighted by Crippen LogP contribution is -2.34. The Morgan fingerprint density at radius 2 is 2.04 bits per heavy atom. The highest BCUT2D eigenvalue weighted by molar-refractivity contribution is 6.07. The summed E-state index contributed by atoms with van der Waals surface area (Å²) < 4.78 is 5.33. The Labute approximate surface area is 168 Å². The number of fused-ring (bicyclic) bond motifs is 1. The van der Waals surface area contributed by atoms with E-state index in [-0.39, 0.29) is 24.2 Å². The van der Waals surface area contributed by atoms with E-state index in [1.165, 1.54) is 0 Å². The number of hydrogen-bond donors (Lipinski definition) is 3. The zero-order chi connectivity index (χ0) is 19.0. The van der Waals surface area contributed by atoms with Crippen molar-refractivity contribution in [1.82, 2.24) is 20.8 Å². The number of rotatable bonds is 4. The van der Waals surface area contributed by atoms with E-state index in [0.29, 0.717) is 47.7 Å². The van der Waals surface area contributed by atoms with E-state index in [1.807, 2.05) is 31.2 Å². The lowest BCUT2D eigenvalue weighted by molar-refractivity contribution is 0.0928. The zero-order valence-corrected chi connectivity index (χ0v) is 16.5. The van der Waals surface area contributed by atoms with Gasteiger partial charge >= 0.3 is 0 Å². The van der Waals surface area contributed by atoms with Crippen molar-refractivity contribution in [2.75, 3.05) is 19.6 Å². The van der Waals surface area contributed by atoms with E-state index in [0.717, 1.165) is 11.1 Å². The van der Waals surface area contributed by atoms with Gasteiger partial charge in [-0.25, -0.2) is 4.98 Å². The smallest absolute Gasteiger partial charge is 0.259 e. The molecule has 3 aromatic rings. The number of aromatic nitrogens is 2. The molecule has 1 fully saturated rings. The van der Waals surface area contributed by atoms with Gasteiger partial charge in [-0.15, -0.1) is 12.4 Å². The lowest BCUT2D eigenvalue weighted by atomic mass is 10.0. The molecule has 1 aromatic carbocycles. The Morgan fingerprint density at radius 1 is 1.29 bits per heavy atom. The molecular formula is C20H23ClN4O3. The van der Waals surface area contributed by atoms with E-state index < -0.39 is 6.10 Å². The van der Waals surface area contributed by atoms with Crippen LogP contribution in [0.3, 0.4) is 0 Å². The van der Waals surface area contributed by atoms with E-state index in [1.54, 1.807) is 13.0 Å². The van der Waals surface area contributed by atoms with Gasteiger partial charge in [-0.2, -0.15) is 0 Å². The Hall–Kier alpha value is -2.48. The van der Waals surface area contributed by atoms with Gasteiger partial charge in [-0.1, -0.05) is 35.0 Å². The number of benzene rings is 1. The summed E-state index contributed by atoms with van der Waals surface area (Å²) in [6, 6.07) is 9.71. The summed E-state index contributed by atoms with van der Waals surface area (Å²) in [6.07, 6.45) is -0.441. The van der Waals surface area contributed by atoms with E-state index in [9.17, 15) is 9.90 Å². The molecule has 0 bridgehead atoms. The molecule has 0 spiro atoms. The number of aliphatic hydroxyl groups is 1. The standard InChI is InChI=1S/C20H22N4O3.ClH/c1-11-3-5-13(6-4-11)16-7-15(18-12(2)24-27-20(18)23-16)19(26)22-9-14-8-21-10-17(14)25;/h3-7,14,17,21,25H,8-10H2,1-2H3,(H,22,26);1H. The third-order valence-electron chi connectivity index (χ3n) is 5.04. The molecule has 2 unspecified atom stereocenters. The minimum absolute atomic E-state index is 0. The molecule has 7 nitrogen and oxygen atoms in total. The van der Waals surface area contributed by atoms with Crippen molar-refractivity contribution in [2.24, 2.45) is 5.92 Å². The van der Waals surface area contributed by atoms with Crippen molar-refractivity contribution >= 4 is 29.4 Å². The van der Waals surface area contributed by atoms with Crippen molar-refractivity contribution in [3.63, 3.8) is 0 Å². The Bertz CT molecular complexity index is 987. The fourth-order valence-corrected chi connectivity index (χ4v) is 3.39. The molecule has 8 heteroatoms. The quantitative estimate of drug-likeness (QED) is 0.618. The van der Waals surface area contributed by atoms with Crippen LogP contribution in [0.4, 0.5) is 0 Å². The molecule has 0 radical (unpaired) electrons. The molecule has 3 N–H and O–H groups in total. The molecule has 2 aromatic heterocycles. The number of nitrogens with one attached hydrogen (secondary N) is 2. The normalized spacial score (nSPS) is 18.8. The molecule has 1 aliphatic rings. The zero-order valence-electron chi connectivity index (χ0n) is 15.7. The molecule has 148 valence electrons. The molecule has 0 saturated carbocycles. The second-order valence-electron chi connectivity index (χ2n) is 7.06. The van der Waals surface area contributed by atoms with Gasteiger partial charge in [0.05, 0.1) is 28.4 Å². The summed E-state index contributed by atoms with van der Waals surface area (Å²) in [5, 5.41) is 20.6. The second-order valence-corrected chi connectivity index (χ2v) is 7.06. The average Bonchev–Trinajstić information content (AvgIpc) is 3.25. The summed E-state index contributed by atoms with van der Waals surface area (Å²) in [5.74, 6) is -0.215. The number of halogens is 1. The van der Waals surface area contributed by atoms with Gasteiger partial charge in [0, 0.05) is 31.1 Å². The van der Waals surface area contributed by atoms with Crippen LogP contribution in [0.15, 0.2) is 34.9 Å².